The van der Waals surface area contributed by atoms with Crippen LogP contribution in [0.5, 0.6) is 0 Å². The largest absolute Gasteiger partial charge is 0.465 e. The number of pyridine rings is 1. The summed E-state index contributed by atoms with van der Waals surface area (Å²) in [5, 5.41) is 5.13. The third-order valence-corrected chi connectivity index (χ3v) is 3.39. The van der Waals surface area contributed by atoms with Crippen LogP contribution in [-0.2, 0) is 11.8 Å². The maximum Gasteiger partial charge on any atom is 0.338 e. The molecule has 2 aromatic heterocycles. The van der Waals surface area contributed by atoms with E-state index in [-0.39, 0.29) is 5.97 Å². The number of carbonyl (C=O) groups is 1. The molecule has 0 radical (unpaired) electrons. The number of ether oxygens (including phenoxy) is 1. The van der Waals surface area contributed by atoms with Crippen LogP contribution in [-0.4, -0.2) is 27.8 Å². The van der Waals surface area contributed by atoms with Crippen LogP contribution in [0.2, 0.25) is 0 Å². The lowest BCUT2D eigenvalue weighted by Crippen LogP contribution is -2.05. The molecule has 0 unspecified atom stereocenters. The van der Waals surface area contributed by atoms with Crippen molar-refractivity contribution in [3.05, 3.63) is 23.0 Å². The first kappa shape index (κ1) is 11.2. The van der Waals surface area contributed by atoms with Gasteiger partial charge in [-0.1, -0.05) is 0 Å². The van der Waals surface area contributed by atoms with Crippen molar-refractivity contribution >= 4 is 17.0 Å². The standard InChI is InChI=1S/C13H15N3O2/c1-7-11-9(13(17)18-3)6-10(8-4-5-8)14-12(11)16(2)15-7/h6,8H,4-5H2,1-3H3. The Bertz CT molecular complexity index is 641. The van der Waals surface area contributed by atoms with Crippen LogP contribution in [0, 0.1) is 6.92 Å². The molecular formula is C13H15N3O2. The third kappa shape index (κ3) is 1.58. The average molecular weight is 245 g/mol. The van der Waals surface area contributed by atoms with Crippen LogP contribution < -0.4 is 0 Å². The summed E-state index contributed by atoms with van der Waals surface area (Å²) in [5.41, 5.74) is 3.13. The van der Waals surface area contributed by atoms with Crippen molar-refractivity contribution in [3.63, 3.8) is 0 Å². The van der Waals surface area contributed by atoms with Gasteiger partial charge in [0.1, 0.15) is 0 Å². The second-order valence-corrected chi connectivity index (χ2v) is 4.77. The van der Waals surface area contributed by atoms with Gasteiger partial charge < -0.3 is 4.74 Å². The Balaban J connectivity index is 2.32. The van der Waals surface area contributed by atoms with Gasteiger partial charge in [-0.25, -0.2) is 9.78 Å². The summed E-state index contributed by atoms with van der Waals surface area (Å²) in [7, 11) is 3.25. The fourth-order valence-corrected chi connectivity index (χ4v) is 2.32. The van der Waals surface area contributed by atoms with Gasteiger partial charge in [0, 0.05) is 18.7 Å². The molecule has 2 aromatic rings. The molecule has 2 heterocycles. The number of carbonyl (C=O) groups excluding carboxylic acids is 1. The molecular weight excluding hydrogens is 230 g/mol. The quantitative estimate of drug-likeness (QED) is 0.759. The highest BCUT2D eigenvalue weighted by Crippen LogP contribution is 2.40. The molecule has 5 nitrogen and oxygen atoms in total. The molecule has 94 valence electrons. The number of methoxy groups -OCH3 is 1. The van der Waals surface area contributed by atoms with E-state index in [1.165, 1.54) is 7.11 Å². The lowest BCUT2D eigenvalue weighted by atomic mass is 10.1. The minimum Gasteiger partial charge on any atom is -0.465 e. The van der Waals surface area contributed by atoms with E-state index in [9.17, 15) is 4.79 Å². The fraction of sp³-hybridized carbons (Fsp3) is 0.462. The average Bonchev–Trinajstić information content (AvgIpc) is 3.16. The number of aromatic nitrogens is 3. The van der Waals surface area contributed by atoms with Crippen molar-refractivity contribution in [3.8, 4) is 0 Å². The summed E-state index contributed by atoms with van der Waals surface area (Å²) >= 11 is 0. The second-order valence-electron chi connectivity index (χ2n) is 4.77. The molecule has 1 aliphatic rings. The summed E-state index contributed by atoms with van der Waals surface area (Å²) in [5.74, 6) is 0.174. The van der Waals surface area contributed by atoms with Crippen LogP contribution in [0.15, 0.2) is 6.07 Å². The van der Waals surface area contributed by atoms with Gasteiger partial charge >= 0.3 is 5.97 Å². The van der Waals surface area contributed by atoms with Gasteiger partial charge in [-0.3, -0.25) is 4.68 Å². The first-order valence-corrected chi connectivity index (χ1v) is 6.04. The van der Waals surface area contributed by atoms with Crippen LogP contribution in [0.1, 0.15) is 40.5 Å². The molecule has 18 heavy (non-hydrogen) atoms. The number of aryl methyl sites for hydroxylation is 2. The molecule has 0 spiro atoms. The molecule has 0 aromatic carbocycles. The zero-order valence-corrected chi connectivity index (χ0v) is 10.7. The Kier molecular flexibility index (Phi) is 2.36. The van der Waals surface area contributed by atoms with Gasteiger partial charge in [-0.15, -0.1) is 0 Å². The summed E-state index contributed by atoms with van der Waals surface area (Å²) in [4.78, 5) is 16.5. The zero-order chi connectivity index (χ0) is 12.9. The van der Waals surface area contributed by atoms with Gasteiger partial charge in [0.25, 0.3) is 0 Å². The van der Waals surface area contributed by atoms with E-state index in [1.807, 2.05) is 20.0 Å². The topological polar surface area (TPSA) is 57.0 Å². The molecule has 0 bridgehead atoms. The number of hydrogen-bond donors (Lipinski definition) is 0. The predicted octanol–water partition coefficient (Wildman–Crippen LogP) is 1.94. The highest BCUT2D eigenvalue weighted by atomic mass is 16.5. The van der Waals surface area contributed by atoms with E-state index in [1.54, 1.807) is 4.68 Å². The molecule has 1 saturated carbocycles. The van der Waals surface area contributed by atoms with Crippen molar-refractivity contribution in [1.29, 1.82) is 0 Å². The third-order valence-electron chi connectivity index (χ3n) is 3.39. The predicted molar refractivity (Wildman–Crippen MR) is 66.6 cm³/mol. The van der Waals surface area contributed by atoms with Crippen LogP contribution in [0.3, 0.4) is 0 Å². The molecule has 0 amide bonds. The number of rotatable bonds is 2. The normalized spacial score (nSPS) is 15.1. The lowest BCUT2D eigenvalue weighted by molar-refractivity contribution is 0.0602. The molecule has 0 atom stereocenters. The number of esters is 1. The van der Waals surface area contributed by atoms with E-state index in [0.717, 1.165) is 35.3 Å². The van der Waals surface area contributed by atoms with Crippen molar-refractivity contribution in [2.75, 3.05) is 7.11 Å². The van der Waals surface area contributed by atoms with E-state index < -0.39 is 0 Å². The SMILES string of the molecule is COC(=O)c1cc(C2CC2)nc2c1c(C)nn2C. The molecule has 5 heteroatoms. The first-order valence-electron chi connectivity index (χ1n) is 6.04. The number of fused-ring (bicyclic) bond motifs is 1. The lowest BCUT2D eigenvalue weighted by Gasteiger charge is -2.05. The van der Waals surface area contributed by atoms with Crippen molar-refractivity contribution in [2.24, 2.45) is 7.05 Å². The van der Waals surface area contributed by atoms with E-state index in [2.05, 4.69) is 10.1 Å². The number of nitrogens with zero attached hydrogens (tertiary/aromatic N) is 3. The number of hydrogen-bond acceptors (Lipinski definition) is 4. The second kappa shape index (κ2) is 3.80. The highest BCUT2D eigenvalue weighted by Gasteiger charge is 2.28. The molecule has 1 fully saturated rings. The Hall–Kier alpha value is -1.91. The molecule has 0 saturated heterocycles. The Morgan fingerprint density at radius 3 is 2.83 bits per heavy atom. The molecule has 1 aliphatic carbocycles. The summed E-state index contributed by atoms with van der Waals surface area (Å²) < 4.78 is 6.59. The van der Waals surface area contributed by atoms with Crippen molar-refractivity contribution in [2.45, 2.75) is 25.7 Å². The van der Waals surface area contributed by atoms with Crippen LogP contribution in [0.25, 0.3) is 11.0 Å². The van der Waals surface area contributed by atoms with Crippen molar-refractivity contribution < 1.29 is 9.53 Å². The van der Waals surface area contributed by atoms with Crippen molar-refractivity contribution in [1.82, 2.24) is 14.8 Å². The van der Waals surface area contributed by atoms with Crippen LogP contribution >= 0.6 is 0 Å². The Morgan fingerprint density at radius 1 is 1.50 bits per heavy atom. The van der Waals surface area contributed by atoms with E-state index in [0.29, 0.717) is 11.5 Å². The maximum absolute atomic E-state index is 11.9. The fourth-order valence-electron chi connectivity index (χ4n) is 2.32. The molecule has 0 aliphatic heterocycles. The monoisotopic (exact) mass is 245 g/mol. The van der Waals surface area contributed by atoms with E-state index in [4.69, 9.17) is 4.74 Å². The Labute approximate surface area is 105 Å². The summed E-state index contributed by atoms with van der Waals surface area (Å²) in [6.07, 6.45) is 2.30. The first-order chi connectivity index (χ1) is 8.61. The van der Waals surface area contributed by atoms with Gasteiger partial charge in [-0.2, -0.15) is 5.10 Å². The van der Waals surface area contributed by atoms with Crippen LogP contribution in [0.4, 0.5) is 0 Å². The minimum atomic E-state index is -0.319. The summed E-state index contributed by atoms with van der Waals surface area (Å²) in [6.45, 7) is 1.88. The van der Waals surface area contributed by atoms with Gasteiger partial charge in [0.2, 0.25) is 0 Å². The minimum absolute atomic E-state index is 0.319. The smallest absolute Gasteiger partial charge is 0.338 e. The summed E-state index contributed by atoms with van der Waals surface area (Å²) in [6, 6.07) is 1.86. The van der Waals surface area contributed by atoms with E-state index >= 15 is 0 Å². The Morgan fingerprint density at radius 2 is 2.22 bits per heavy atom. The highest BCUT2D eigenvalue weighted by molar-refractivity contribution is 6.03. The van der Waals surface area contributed by atoms with Gasteiger partial charge in [0.15, 0.2) is 5.65 Å². The molecule has 3 rings (SSSR count). The van der Waals surface area contributed by atoms with Gasteiger partial charge in [-0.05, 0) is 25.8 Å². The molecule has 0 N–H and O–H groups in total. The van der Waals surface area contributed by atoms with Gasteiger partial charge in [0.05, 0.1) is 23.8 Å². The maximum atomic E-state index is 11.9. The zero-order valence-electron chi connectivity index (χ0n) is 10.7.